The molecule has 1 aliphatic carbocycles. The SMILES string of the molecule is CCNC(=NCc1ccc(OCCOC)cc1)NC1CCN(C2CCCC2)C1. The van der Waals surface area contributed by atoms with Gasteiger partial charge >= 0.3 is 0 Å². The zero-order valence-electron chi connectivity index (χ0n) is 17.5. The predicted octanol–water partition coefficient (Wildman–Crippen LogP) is 2.78. The molecule has 156 valence electrons. The van der Waals surface area contributed by atoms with Crippen molar-refractivity contribution >= 4 is 5.96 Å². The fourth-order valence-electron chi connectivity index (χ4n) is 4.12. The Morgan fingerprint density at radius 1 is 1.14 bits per heavy atom. The summed E-state index contributed by atoms with van der Waals surface area (Å²) in [6, 6.07) is 9.46. The summed E-state index contributed by atoms with van der Waals surface area (Å²) in [5.41, 5.74) is 1.18. The first-order valence-corrected chi connectivity index (χ1v) is 10.8. The molecule has 0 radical (unpaired) electrons. The van der Waals surface area contributed by atoms with Crippen LogP contribution in [0, 0.1) is 0 Å². The lowest BCUT2D eigenvalue weighted by atomic mass is 10.2. The summed E-state index contributed by atoms with van der Waals surface area (Å²) in [6.45, 7) is 7.17. The zero-order valence-corrected chi connectivity index (χ0v) is 17.5. The third kappa shape index (κ3) is 6.38. The van der Waals surface area contributed by atoms with E-state index in [2.05, 4.69) is 34.6 Å². The second-order valence-corrected chi connectivity index (χ2v) is 7.74. The molecule has 1 atom stereocenters. The molecule has 2 fully saturated rings. The van der Waals surface area contributed by atoms with Crippen molar-refractivity contribution in [2.45, 2.75) is 57.7 Å². The number of nitrogens with zero attached hydrogens (tertiary/aromatic N) is 2. The van der Waals surface area contributed by atoms with Crippen molar-refractivity contribution in [2.24, 2.45) is 4.99 Å². The minimum absolute atomic E-state index is 0.495. The molecule has 0 amide bonds. The standard InChI is InChI=1S/C22H36N4O2/c1-3-23-22(25-19-12-13-26(17-19)20-6-4-5-7-20)24-16-18-8-10-21(11-9-18)28-15-14-27-2/h8-11,19-20H,3-7,12-17H2,1-2H3,(H2,23,24,25). The number of aliphatic imine (C=N–C) groups is 1. The van der Waals surface area contributed by atoms with Crippen molar-refractivity contribution in [3.63, 3.8) is 0 Å². The topological polar surface area (TPSA) is 58.1 Å². The number of methoxy groups -OCH3 is 1. The molecule has 2 aliphatic rings. The molecule has 6 nitrogen and oxygen atoms in total. The summed E-state index contributed by atoms with van der Waals surface area (Å²) in [5.74, 6) is 1.79. The number of guanidine groups is 1. The van der Waals surface area contributed by atoms with Gasteiger partial charge in [0.15, 0.2) is 5.96 Å². The van der Waals surface area contributed by atoms with E-state index in [1.165, 1.54) is 44.2 Å². The molecule has 3 rings (SSSR count). The maximum atomic E-state index is 5.62. The van der Waals surface area contributed by atoms with Crippen molar-refractivity contribution in [3.8, 4) is 5.75 Å². The van der Waals surface area contributed by atoms with Gasteiger partial charge in [-0.05, 0) is 43.9 Å². The Balaban J connectivity index is 1.48. The molecule has 1 aliphatic heterocycles. The monoisotopic (exact) mass is 388 g/mol. The summed E-state index contributed by atoms with van der Waals surface area (Å²) in [4.78, 5) is 7.47. The molecule has 1 saturated carbocycles. The maximum absolute atomic E-state index is 5.62. The van der Waals surface area contributed by atoms with Gasteiger partial charge in [0.25, 0.3) is 0 Å². The van der Waals surface area contributed by atoms with Crippen LogP contribution in [-0.2, 0) is 11.3 Å². The van der Waals surface area contributed by atoms with Gasteiger partial charge in [-0.2, -0.15) is 0 Å². The molecule has 28 heavy (non-hydrogen) atoms. The highest BCUT2D eigenvalue weighted by Gasteiger charge is 2.30. The molecule has 0 aromatic heterocycles. The zero-order chi connectivity index (χ0) is 19.6. The minimum Gasteiger partial charge on any atom is -0.491 e. The highest BCUT2D eigenvalue weighted by molar-refractivity contribution is 5.80. The van der Waals surface area contributed by atoms with Gasteiger partial charge in [-0.15, -0.1) is 0 Å². The van der Waals surface area contributed by atoms with E-state index in [-0.39, 0.29) is 0 Å². The van der Waals surface area contributed by atoms with E-state index in [0.717, 1.165) is 30.8 Å². The van der Waals surface area contributed by atoms with E-state index in [9.17, 15) is 0 Å². The Bertz CT molecular complexity index is 599. The first-order valence-electron chi connectivity index (χ1n) is 10.8. The molecule has 0 bridgehead atoms. The summed E-state index contributed by atoms with van der Waals surface area (Å²) in [6.07, 6.45) is 6.77. The van der Waals surface area contributed by atoms with E-state index in [1.807, 2.05) is 12.1 Å². The van der Waals surface area contributed by atoms with Crippen LogP contribution in [-0.4, -0.2) is 62.9 Å². The van der Waals surface area contributed by atoms with Crippen LogP contribution in [0.5, 0.6) is 5.75 Å². The molecule has 1 aromatic carbocycles. The molecule has 1 saturated heterocycles. The van der Waals surface area contributed by atoms with Gasteiger partial charge in [0, 0.05) is 38.8 Å². The van der Waals surface area contributed by atoms with Gasteiger partial charge in [-0.3, -0.25) is 4.90 Å². The van der Waals surface area contributed by atoms with Gasteiger partial charge in [0.1, 0.15) is 12.4 Å². The summed E-state index contributed by atoms with van der Waals surface area (Å²) in [5, 5.41) is 7.04. The number of hydrogen-bond donors (Lipinski definition) is 2. The fourth-order valence-corrected chi connectivity index (χ4v) is 4.12. The molecule has 0 spiro atoms. The molecule has 6 heteroatoms. The molecule has 2 N–H and O–H groups in total. The second-order valence-electron chi connectivity index (χ2n) is 7.74. The Labute approximate surface area is 169 Å². The largest absolute Gasteiger partial charge is 0.491 e. The fraction of sp³-hybridized carbons (Fsp3) is 0.682. The number of hydrogen-bond acceptors (Lipinski definition) is 4. The molecular formula is C22H36N4O2. The number of ether oxygens (including phenoxy) is 2. The van der Waals surface area contributed by atoms with Gasteiger partial charge in [-0.25, -0.2) is 4.99 Å². The Hall–Kier alpha value is -1.79. The summed E-state index contributed by atoms with van der Waals surface area (Å²) >= 11 is 0. The predicted molar refractivity (Wildman–Crippen MR) is 114 cm³/mol. The average Bonchev–Trinajstić information content (AvgIpc) is 3.39. The van der Waals surface area contributed by atoms with E-state index in [0.29, 0.717) is 25.8 Å². The maximum Gasteiger partial charge on any atom is 0.191 e. The van der Waals surface area contributed by atoms with E-state index >= 15 is 0 Å². The highest BCUT2D eigenvalue weighted by Crippen LogP contribution is 2.26. The molecule has 1 unspecified atom stereocenters. The number of nitrogens with one attached hydrogen (secondary N) is 2. The van der Waals surface area contributed by atoms with Crippen LogP contribution in [0.15, 0.2) is 29.3 Å². The van der Waals surface area contributed by atoms with Gasteiger partial charge in [0.2, 0.25) is 0 Å². The lowest BCUT2D eigenvalue weighted by Crippen LogP contribution is -2.45. The summed E-state index contributed by atoms with van der Waals surface area (Å²) in [7, 11) is 1.68. The highest BCUT2D eigenvalue weighted by atomic mass is 16.5. The van der Waals surface area contributed by atoms with Gasteiger partial charge in [-0.1, -0.05) is 25.0 Å². The Morgan fingerprint density at radius 2 is 1.93 bits per heavy atom. The summed E-state index contributed by atoms with van der Waals surface area (Å²) < 4.78 is 10.6. The van der Waals surface area contributed by atoms with Crippen molar-refractivity contribution in [2.75, 3.05) is 40.0 Å². The van der Waals surface area contributed by atoms with Crippen molar-refractivity contribution in [1.82, 2.24) is 15.5 Å². The van der Waals surface area contributed by atoms with Crippen LogP contribution in [0.1, 0.15) is 44.6 Å². The third-order valence-corrected chi connectivity index (χ3v) is 5.65. The first-order chi connectivity index (χ1) is 13.8. The quantitative estimate of drug-likeness (QED) is 0.387. The van der Waals surface area contributed by atoms with E-state index in [4.69, 9.17) is 14.5 Å². The lowest BCUT2D eigenvalue weighted by Gasteiger charge is -2.24. The van der Waals surface area contributed by atoms with E-state index in [1.54, 1.807) is 7.11 Å². The second kappa shape index (κ2) is 11.3. The Kier molecular flexibility index (Phi) is 8.42. The number of rotatable bonds is 9. The van der Waals surface area contributed by atoms with Crippen LogP contribution >= 0.6 is 0 Å². The first kappa shape index (κ1) is 20.9. The minimum atomic E-state index is 0.495. The van der Waals surface area contributed by atoms with Crippen molar-refractivity contribution < 1.29 is 9.47 Å². The van der Waals surface area contributed by atoms with Crippen molar-refractivity contribution in [1.29, 1.82) is 0 Å². The Morgan fingerprint density at radius 3 is 2.64 bits per heavy atom. The molecular weight excluding hydrogens is 352 g/mol. The molecule has 1 aromatic rings. The van der Waals surface area contributed by atoms with Crippen LogP contribution in [0.2, 0.25) is 0 Å². The average molecular weight is 389 g/mol. The third-order valence-electron chi connectivity index (χ3n) is 5.65. The van der Waals surface area contributed by atoms with Crippen LogP contribution in [0.25, 0.3) is 0 Å². The van der Waals surface area contributed by atoms with Crippen LogP contribution < -0.4 is 15.4 Å². The van der Waals surface area contributed by atoms with Crippen LogP contribution in [0.4, 0.5) is 0 Å². The lowest BCUT2D eigenvalue weighted by molar-refractivity contribution is 0.146. The smallest absolute Gasteiger partial charge is 0.191 e. The normalized spacial score (nSPS) is 21.2. The van der Waals surface area contributed by atoms with Crippen LogP contribution in [0.3, 0.4) is 0 Å². The van der Waals surface area contributed by atoms with Crippen molar-refractivity contribution in [3.05, 3.63) is 29.8 Å². The number of likely N-dealkylation sites (tertiary alicyclic amines) is 1. The van der Waals surface area contributed by atoms with E-state index < -0.39 is 0 Å². The van der Waals surface area contributed by atoms with Gasteiger partial charge < -0.3 is 20.1 Å². The molecule has 1 heterocycles. The van der Waals surface area contributed by atoms with Gasteiger partial charge in [0.05, 0.1) is 13.2 Å². The number of benzene rings is 1.